The van der Waals surface area contributed by atoms with Gasteiger partial charge in [-0.05, 0) is 45.7 Å². The highest BCUT2D eigenvalue weighted by Gasteiger charge is 2.49. The van der Waals surface area contributed by atoms with Crippen molar-refractivity contribution in [1.82, 2.24) is 9.97 Å². The molecule has 2 heterocycles. The molecule has 0 saturated heterocycles. The van der Waals surface area contributed by atoms with Crippen LogP contribution >= 0.6 is 0 Å². The molecule has 0 aliphatic carbocycles. The van der Waals surface area contributed by atoms with Crippen LogP contribution in [-0.4, -0.2) is 39.7 Å². The lowest BCUT2D eigenvalue weighted by molar-refractivity contribution is -0.170. The van der Waals surface area contributed by atoms with Gasteiger partial charge in [0.1, 0.15) is 28.8 Å². The van der Waals surface area contributed by atoms with E-state index in [1.54, 1.807) is 33.0 Å². The zero-order chi connectivity index (χ0) is 27.4. The van der Waals surface area contributed by atoms with Gasteiger partial charge in [0, 0.05) is 24.1 Å². The van der Waals surface area contributed by atoms with E-state index in [1.807, 2.05) is 13.8 Å². The molecule has 3 aromatic rings. The van der Waals surface area contributed by atoms with E-state index in [0.29, 0.717) is 34.0 Å². The van der Waals surface area contributed by atoms with Crippen molar-refractivity contribution in [3.8, 4) is 5.75 Å². The first-order valence-corrected chi connectivity index (χ1v) is 12.1. The molecule has 4 rings (SSSR count). The monoisotopic (exact) mass is 516 g/mol. The fourth-order valence-electron chi connectivity index (χ4n) is 4.38. The summed E-state index contributed by atoms with van der Waals surface area (Å²) in [6.07, 6.45) is -0.618. The number of carbonyl (C=O) groups is 1. The smallest absolute Gasteiger partial charge is 0.303 e. The summed E-state index contributed by atoms with van der Waals surface area (Å²) in [6, 6.07) is 6.39. The van der Waals surface area contributed by atoms with Crippen LogP contribution < -0.4 is 15.0 Å². The number of fused-ring (bicyclic) bond motifs is 2. The zero-order valence-corrected chi connectivity index (χ0v) is 21.9. The van der Waals surface area contributed by atoms with E-state index in [2.05, 4.69) is 15.3 Å². The number of alkyl halides is 2. The molecule has 0 saturated carbocycles. The lowest BCUT2D eigenvalue weighted by Gasteiger charge is -2.34. The second-order valence-corrected chi connectivity index (χ2v) is 10.3. The minimum Gasteiger partial charge on any atom is -0.478 e. The van der Waals surface area contributed by atoms with Crippen LogP contribution in [-0.2, 0) is 10.7 Å². The van der Waals surface area contributed by atoms with Crippen molar-refractivity contribution >= 4 is 28.3 Å². The van der Waals surface area contributed by atoms with Gasteiger partial charge in [-0.25, -0.2) is 14.4 Å². The quantitative estimate of drug-likeness (QED) is 0.450. The van der Waals surface area contributed by atoms with Gasteiger partial charge in [0.25, 0.3) is 5.91 Å². The average molecular weight is 517 g/mol. The number of amides is 1. The van der Waals surface area contributed by atoms with Gasteiger partial charge in [0.05, 0.1) is 22.8 Å². The van der Waals surface area contributed by atoms with Gasteiger partial charge in [0.2, 0.25) is 0 Å². The third kappa shape index (κ3) is 4.58. The third-order valence-corrected chi connectivity index (χ3v) is 6.64. The molecule has 0 fully saturated rings. The normalized spacial score (nSPS) is 17.1. The van der Waals surface area contributed by atoms with Crippen LogP contribution in [0, 0.1) is 18.7 Å². The minimum atomic E-state index is -3.81. The van der Waals surface area contributed by atoms with Gasteiger partial charge in [-0.1, -0.05) is 26.0 Å². The van der Waals surface area contributed by atoms with Gasteiger partial charge >= 0.3 is 5.92 Å². The van der Waals surface area contributed by atoms with Crippen molar-refractivity contribution in [2.45, 2.75) is 65.2 Å². The van der Waals surface area contributed by atoms with E-state index in [9.17, 15) is 18.7 Å². The largest absolute Gasteiger partial charge is 0.478 e. The molecular weight excluding hydrogens is 485 g/mol. The topological polar surface area (TPSA) is 87.6 Å². The number of aromatic nitrogens is 2. The molecule has 0 radical (unpaired) electrons. The molecule has 2 atom stereocenters. The maximum absolute atomic E-state index is 15.3. The van der Waals surface area contributed by atoms with Crippen LogP contribution in [0.15, 0.2) is 30.3 Å². The van der Waals surface area contributed by atoms with Crippen LogP contribution in [0.25, 0.3) is 10.9 Å². The van der Waals surface area contributed by atoms with Crippen molar-refractivity contribution in [2.75, 3.05) is 17.3 Å². The summed E-state index contributed by atoms with van der Waals surface area (Å²) in [7, 11) is 1.67. The number of likely N-dealkylation sites (N-methyl/N-ethyl adjacent to an activating group) is 1. The zero-order valence-electron chi connectivity index (χ0n) is 21.9. The second kappa shape index (κ2) is 9.16. The molecule has 7 nitrogen and oxygen atoms in total. The van der Waals surface area contributed by atoms with Crippen LogP contribution in [0.4, 0.5) is 24.7 Å². The number of nitrogens with zero attached hydrogens (tertiary/aromatic N) is 3. The molecule has 0 spiro atoms. The molecule has 1 aliphatic heterocycles. The SMILES string of the molecule is Cc1nc(N[C@H](C)c2cccc(C(F)(F)C(C)(C)O)c2F)c2cc3c(cc2n1)O[C@@H](C(C)C)C(=O)N3C. The van der Waals surface area contributed by atoms with Crippen molar-refractivity contribution < 1.29 is 27.8 Å². The fraction of sp³-hybridized carbons (Fsp3) is 0.444. The Morgan fingerprint density at radius 2 is 1.84 bits per heavy atom. The Kier molecular flexibility index (Phi) is 6.60. The van der Waals surface area contributed by atoms with Crippen molar-refractivity contribution in [3.05, 3.63) is 53.1 Å². The van der Waals surface area contributed by atoms with Crippen LogP contribution in [0.3, 0.4) is 0 Å². The number of rotatable bonds is 6. The van der Waals surface area contributed by atoms with Gasteiger partial charge in [-0.3, -0.25) is 4.79 Å². The lowest BCUT2D eigenvalue weighted by Crippen LogP contribution is -2.46. The molecule has 198 valence electrons. The Labute approximate surface area is 213 Å². The maximum atomic E-state index is 15.3. The minimum absolute atomic E-state index is 0.0146. The summed E-state index contributed by atoms with van der Waals surface area (Å²) in [5.74, 6) is -3.83. The predicted octanol–water partition coefficient (Wildman–Crippen LogP) is 5.49. The first-order chi connectivity index (χ1) is 17.1. The Morgan fingerprint density at radius 3 is 2.46 bits per heavy atom. The summed E-state index contributed by atoms with van der Waals surface area (Å²) < 4.78 is 50.9. The lowest BCUT2D eigenvalue weighted by atomic mass is 9.91. The predicted molar refractivity (Wildman–Crippen MR) is 136 cm³/mol. The highest BCUT2D eigenvalue weighted by atomic mass is 19.3. The van der Waals surface area contributed by atoms with Crippen molar-refractivity contribution in [3.63, 3.8) is 0 Å². The molecule has 37 heavy (non-hydrogen) atoms. The first-order valence-electron chi connectivity index (χ1n) is 12.1. The summed E-state index contributed by atoms with van der Waals surface area (Å²) >= 11 is 0. The molecule has 1 aromatic heterocycles. The number of aliphatic hydroxyl groups is 1. The number of anilines is 2. The van der Waals surface area contributed by atoms with Crippen LogP contribution in [0.2, 0.25) is 0 Å². The summed E-state index contributed by atoms with van der Waals surface area (Å²) in [4.78, 5) is 23.3. The number of hydrogen-bond acceptors (Lipinski definition) is 6. The van der Waals surface area contributed by atoms with Gasteiger partial charge in [-0.2, -0.15) is 8.78 Å². The molecular formula is C27H31F3N4O3. The molecule has 2 aromatic carbocycles. The van der Waals surface area contributed by atoms with Gasteiger partial charge in [-0.15, -0.1) is 0 Å². The average Bonchev–Trinajstić information content (AvgIpc) is 2.79. The molecule has 10 heteroatoms. The van der Waals surface area contributed by atoms with Crippen molar-refractivity contribution in [1.29, 1.82) is 0 Å². The molecule has 2 N–H and O–H groups in total. The highest BCUT2D eigenvalue weighted by Crippen LogP contribution is 2.42. The van der Waals surface area contributed by atoms with E-state index in [4.69, 9.17) is 4.74 Å². The van der Waals surface area contributed by atoms with E-state index in [-0.39, 0.29) is 17.4 Å². The first kappa shape index (κ1) is 26.7. The Hall–Kier alpha value is -3.40. The standard InChI is InChI=1S/C27H31F3N4O3/c1-13(2)23-25(35)34(7)20-11-17-19(12-21(20)37-23)32-15(4)33-24(17)31-14(3)16-9-8-10-18(22(16)28)27(29,30)26(5,6)36/h8-14,23,36H,1-7H3,(H,31,32,33)/t14-,23+/m1/s1. The number of benzene rings is 2. The summed E-state index contributed by atoms with van der Waals surface area (Å²) in [6.45, 7) is 9.01. The second-order valence-electron chi connectivity index (χ2n) is 10.3. The number of nitrogens with one attached hydrogen (secondary N) is 1. The van der Waals surface area contributed by atoms with Gasteiger partial charge in [0.15, 0.2) is 6.10 Å². The fourth-order valence-corrected chi connectivity index (χ4v) is 4.38. The molecule has 0 unspecified atom stereocenters. The van der Waals surface area contributed by atoms with E-state index < -0.39 is 35.1 Å². The number of hydrogen-bond donors (Lipinski definition) is 2. The summed E-state index contributed by atoms with van der Waals surface area (Å²) in [5.41, 5.74) is -2.27. The molecule has 1 aliphatic rings. The Balaban J connectivity index is 1.76. The number of halogens is 3. The van der Waals surface area contributed by atoms with Gasteiger partial charge < -0.3 is 20.1 Å². The molecule has 1 amide bonds. The van der Waals surface area contributed by atoms with E-state index in [0.717, 1.165) is 19.9 Å². The number of ether oxygens (including phenoxy) is 1. The Morgan fingerprint density at radius 1 is 1.16 bits per heavy atom. The third-order valence-electron chi connectivity index (χ3n) is 6.64. The number of aryl methyl sites for hydroxylation is 1. The summed E-state index contributed by atoms with van der Waals surface area (Å²) in [5, 5.41) is 13.6. The highest BCUT2D eigenvalue weighted by molar-refractivity contribution is 6.03. The molecule has 0 bridgehead atoms. The van der Waals surface area contributed by atoms with E-state index in [1.165, 1.54) is 17.0 Å². The Bertz CT molecular complexity index is 1370. The van der Waals surface area contributed by atoms with Crippen molar-refractivity contribution in [2.24, 2.45) is 5.92 Å². The van der Waals surface area contributed by atoms with E-state index >= 15 is 4.39 Å². The van der Waals surface area contributed by atoms with Crippen LogP contribution in [0.1, 0.15) is 57.6 Å². The van der Waals surface area contributed by atoms with Crippen LogP contribution in [0.5, 0.6) is 5.75 Å². The maximum Gasteiger partial charge on any atom is 0.303 e. The number of carbonyl (C=O) groups excluding carboxylic acids is 1.